The van der Waals surface area contributed by atoms with E-state index in [1.807, 2.05) is 41.3 Å². The molecule has 0 aliphatic carbocycles. The number of amides is 1. The highest BCUT2D eigenvalue weighted by molar-refractivity contribution is 6.00. The molecule has 0 saturated carbocycles. The Morgan fingerprint density at radius 2 is 1.77 bits per heavy atom. The number of piperazine rings is 1. The van der Waals surface area contributed by atoms with Crippen molar-refractivity contribution in [1.29, 1.82) is 0 Å². The highest BCUT2D eigenvalue weighted by Gasteiger charge is 2.24. The quantitative estimate of drug-likeness (QED) is 0.483. The molecular formula is C24H22N4O3. The lowest BCUT2D eigenvalue weighted by Gasteiger charge is -2.36. The van der Waals surface area contributed by atoms with Crippen molar-refractivity contribution in [1.82, 2.24) is 14.3 Å². The Bertz CT molecular complexity index is 1340. The van der Waals surface area contributed by atoms with E-state index in [1.54, 1.807) is 37.6 Å². The van der Waals surface area contributed by atoms with E-state index < -0.39 is 0 Å². The Morgan fingerprint density at radius 1 is 0.968 bits per heavy atom. The SMILES string of the molecule is COc1cccc(N2CCN(C(=O)c3cccn4c(=O)c5ccccc5nc34)CC2)c1. The molecule has 0 spiro atoms. The van der Waals surface area contributed by atoms with E-state index in [2.05, 4.69) is 9.88 Å². The van der Waals surface area contributed by atoms with Gasteiger partial charge < -0.3 is 14.5 Å². The molecule has 0 radical (unpaired) electrons. The van der Waals surface area contributed by atoms with E-state index in [0.717, 1.165) is 24.5 Å². The summed E-state index contributed by atoms with van der Waals surface area (Å²) in [6.07, 6.45) is 1.66. The van der Waals surface area contributed by atoms with Gasteiger partial charge in [0.1, 0.15) is 5.75 Å². The van der Waals surface area contributed by atoms with Gasteiger partial charge in [0.05, 0.1) is 23.6 Å². The summed E-state index contributed by atoms with van der Waals surface area (Å²) in [5, 5.41) is 0.538. The molecule has 0 N–H and O–H groups in total. The van der Waals surface area contributed by atoms with Crippen molar-refractivity contribution < 1.29 is 9.53 Å². The first-order valence-electron chi connectivity index (χ1n) is 10.2. The van der Waals surface area contributed by atoms with Gasteiger partial charge in [-0.25, -0.2) is 4.98 Å². The number of pyridine rings is 1. The molecule has 2 aromatic heterocycles. The van der Waals surface area contributed by atoms with Crippen molar-refractivity contribution in [3.63, 3.8) is 0 Å². The lowest BCUT2D eigenvalue weighted by Crippen LogP contribution is -2.49. The second-order valence-electron chi connectivity index (χ2n) is 7.53. The standard InChI is InChI=1S/C24H22N4O3/c1-31-18-7-4-6-17(16-18)26-12-14-27(15-13-26)23(29)20-9-5-11-28-22(20)25-21-10-3-2-8-19(21)24(28)30/h2-11,16H,12-15H2,1H3. The lowest BCUT2D eigenvalue weighted by molar-refractivity contribution is 0.0748. The smallest absolute Gasteiger partial charge is 0.265 e. The van der Waals surface area contributed by atoms with Crippen LogP contribution in [0.2, 0.25) is 0 Å². The highest BCUT2D eigenvalue weighted by Crippen LogP contribution is 2.23. The molecule has 1 fully saturated rings. The maximum atomic E-state index is 13.3. The summed E-state index contributed by atoms with van der Waals surface area (Å²) in [6.45, 7) is 2.63. The van der Waals surface area contributed by atoms with E-state index in [9.17, 15) is 9.59 Å². The van der Waals surface area contributed by atoms with E-state index >= 15 is 0 Å². The summed E-state index contributed by atoms with van der Waals surface area (Å²) in [4.78, 5) is 34.9. The molecule has 0 atom stereocenters. The molecule has 1 amide bonds. The van der Waals surface area contributed by atoms with E-state index in [-0.39, 0.29) is 11.5 Å². The first kappa shape index (κ1) is 19.1. The zero-order valence-corrected chi connectivity index (χ0v) is 17.2. The number of fused-ring (bicyclic) bond motifs is 2. The summed E-state index contributed by atoms with van der Waals surface area (Å²) >= 11 is 0. The summed E-state index contributed by atoms with van der Waals surface area (Å²) in [5.74, 6) is 0.709. The fourth-order valence-corrected chi connectivity index (χ4v) is 4.09. The van der Waals surface area contributed by atoms with Gasteiger partial charge in [-0.1, -0.05) is 18.2 Å². The third-order valence-electron chi connectivity index (χ3n) is 5.76. The van der Waals surface area contributed by atoms with Gasteiger partial charge in [0.25, 0.3) is 11.5 Å². The summed E-state index contributed by atoms with van der Waals surface area (Å²) in [7, 11) is 1.66. The van der Waals surface area contributed by atoms with E-state index in [4.69, 9.17) is 4.74 Å². The maximum absolute atomic E-state index is 13.3. The number of rotatable bonds is 3. The Hall–Kier alpha value is -3.87. The summed E-state index contributed by atoms with van der Waals surface area (Å²) in [6, 6.07) is 18.6. The second kappa shape index (κ2) is 7.75. The molecule has 5 rings (SSSR count). The Labute approximate surface area is 179 Å². The predicted molar refractivity (Wildman–Crippen MR) is 120 cm³/mol. The number of carbonyl (C=O) groups is 1. The molecular weight excluding hydrogens is 392 g/mol. The van der Waals surface area contributed by atoms with Gasteiger partial charge in [-0.15, -0.1) is 0 Å². The first-order chi connectivity index (χ1) is 15.2. The number of ether oxygens (including phenoxy) is 1. The van der Waals surface area contributed by atoms with Gasteiger partial charge in [-0.05, 0) is 36.4 Å². The average Bonchev–Trinajstić information content (AvgIpc) is 2.84. The van der Waals surface area contributed by atoms with Crippen molar-refractivity contribution in [3.05, 3.63) is 82.8 Å². The van der Waals surface area contributed by atoms with Crippen molar-refractivity contribution in [2.45, 2.75) is 0 Å². The zero-order chi connectivity index (χ0) is 21.4. The fraction of sp³-hybridized carbons (Fsp3) is 0.208. The van der Waals surface area contributed by atoms with Gasteiger partial charge in [-0.3, -0.25) is 14.0 Å². The van der Waals surface area contributed by atoms with Crippen molar-refractivity contribution in [3.8, 4) is 5.75 Å². The van der Waals surface area contributed by atoms with Crippen LogP contribution in [0.3, 0.4) is 0 Å². The maximum Gasteiger partial charge on any atom is 0.265 e. The van der Waals surface area contributed by atoms with Crippen molar-refractivity contribution in [2.75, 3.05) is 38.2 Å². The molecule has 3 heterocycles. The van der Waals surface area contributed by atoms with Gasteiger partial charge in [-0.2, -0.15) is 0 Å². The minimum Gasteiger partial charge on any atom is -0.497 e. The minimum absolute atomic E-state index is 0.106. The molecule has 1 aliphatic rings. The monoisotopic (exact) mass is 414 g/mol. The zero-order valence-electron chi connectivity index (χ0n) is 17.2. The molecule has 31 heavy (non-hydrogen) atoms. The molecule has 2 aromatic carbocycles. The number of anilines is 1. The van der Waals surface area contributed by atoms with Crippen LogP contribution in [0.5, 0.6) is 5.75 Å². The fourth-order valence-electron chi connectivity index (χ4n) is 4.09. The Kier molecular flexibility index (Phi) is 4.78. The summed E-state index contributed by atoms with van der Waals surface area (Å²) < 4.78 is 6.78. The number of hydrogen-bond acceptors (Lipinski definition) is 5. The molecule has 0 unspecified atom stereocenters. The molecule has 156 valence electrons. The Morgan fingerprint density at radius 3 is 2.58 bits per heavy atom. The van der Waals surface area contributed by atoms with Crippen LogP contribution in [0.15, 0.2) is 71.7 Å². The third kappa shape index (κ3) is 3.38. The van der Waals surface area contributed by atoms with Gasteiger partial charge in [0.2, 0.25) is 0 Å². The number of carbonyl (C=O) groups excluding carboxylic acids is 1. The van der Waals surface area contributed by atoms with Crippen LogP contribution in [0.4, 0.5) is 5.69 Å². The second-order valence-corrected chi connectivity index (χ2v) is 7.53. The van der Waals surface area contributed by atoms with Gasteiger partial charge in [0.15, 0.2) is 5.65 Å². The van der Waals surface area contributed by atoms with Crippen LogP contribution in [0.25, 0.3) is 16.6 Å². The lowest BCUT2D eigenvalue weighted by atomic mass is 10.1. The topological polar surface area (TPSA) is 67.2 Å². The molecule has 7 heteroatoms. The van der Waals surface area contributed by atoms with Crippen molar-refractivity contribution in [2.24, 2.45) is 0 Å². The van der Waals surface area contributed by atoms with Crippen LogP contribution in [0, 0.1) is 0 Å². The normalized spacial score (nSPS) is 14.2. The highest BCUT2D eigenvalue weighted by atomic mass is 16.5. The number of benzene rings is 2. The number of nitrogens with zero attached hydrogens (tertiary/aromatic N) is 4. The van der Waals surface area contributed by atoms with Crippen LogP contribution in [-0.2, 0) is 0 Å². The van der Waals surface area contributed by atoms with Gasteiger partial charge >= 0.3 is 0 Å². The summed E-state index contributed by atoms with van der Waals surface area (Å²) in [5.41, 5.74) is 2.34. The average molecular weight is 414 g/mol. The van der Waals surface area contributed by atoms with Crippen molar-refractivity contribution >= 4 is 28.1 Å². The van der Waals surface area contributed by atoms with Crippen LogP contribution in [-0.4, -0.2) is 53.5 Å². The predicted octanol–water partition coefficient (Wildman–Crippen LogP) is 2.82. The Balaban J connectivity index is 1.43. The van der Waals surface area contributed by atoms with Gasteiger partial charge in [0, 0.05) is 44.1 Å². The number of para-hydroxylation sites is 1. The molecule has 0 bridgehead atoms. The largest absolute Gasteiger partial charge is 0.497 e. The van der Waals surface area contributed by atoms with Crippen LogP contribution in [0.1, 0.15) is 10.4 Å². The van der Waals surface area contributed by atoms with Crippen LogP contribution < -0.4 is 15.2 Å². The number of aromatic nitrogens is 2. The third-order valence-corrected chi connectivity index (χ3v) is 5.76. The van der Waals surface area contributed by atoms with E-state index in [0.29, 0.717) is 35.2 Å². The number of methoxy groups -OCH3 is 1. The molecule has 4 aromatic rings. The number of hydrogen-bond donors (Lipinski definition) is 0. The first-order valence-corrected chi connectivity index (χ1v) is 10.2. The molecule has 1 aliphatic heterocycles. The molecule has 7 nitrogen and oxygen atoms in total. The van der Waals surface area contributed by atoms with E-state index in [1.165, 1.54) is 4.40 Å². The van der Waals surface area contributed by atoms with Crippen LogP contribution >= 0.6 is 0 Å². The molecule has 1 saturated heterocycles. The minimum atomic E-state index is -0.168.